The third-order valence-electron chi connectivity index (χ3n) is 3.43. The molecule has 0 amide bonds. The maximum absolute atomic E-state index is 12.6. The fourth-order valence-electron chi connectivity index (χ4n) is 2.10. The van der Waals surface area contributed by atoms with Crippen LogP contribution in [-0.4, -0.2) is 19.0 Å². The quantitative estimate of drug-likeness (QED) is 0.676. The van der Waals surface area contributed by atoms with Crippen molar-refractivity contribution in [1.82, 2.24) is 0 Å². The standard InChI is InChI=1S/C17H17NO3/c1-20-13-7-8-16(18)15(10-13)17(19)11-3-2-4-14(9-11)21-12-5-6-12/h2-4,7-10,12H,5-6,18H2,1H3. The van der Waals surface area contributed by atoms with E-state index in [-0.39, 0.29) is 5.78 Å². The molecule has 0 spiro atoms. The molecule has 0 heterocycles. The first-order valence-electron chi connectivity index (χ1n) is 6.92. The number of carbonyl (C=O) groups excluding carboxylic acids is 1. The number of nitrogen functional groups attached to an aromatic ring is 1. The van der Waals surface area contributed by atoms with Crippen LogP contribution in [0.2, 0.25) is 0 Å². The Bertz CT molecular complexity index is 677. The second-order valence-corrected chi connectivity index (χ2v) is 5.13. The van der Waals surface area contributed by atoms with Crippen molar-refractivity contribution >= 4 is 11.5 Å². The summed E-state index contributed by atoms with van der Waals surface area (Å²) in [6.07, 6.45) is 2.47. The molecule has 0 unspecified atom stereocenters. The molecule has 1 fully saturated rings. The van der Waals surface area contributed by atoms with Crippen LogP contribution >= 0.6 is 0 Å². The Morgan fingerprint density at radius 3 is 2.67 bits per heavy atom. The number of benzene rings is 2. The van der Waals surface area contributed by atoms with E-state index in [0.29, 0.717) is 28.7 Å². The molecule has 1 saturated carbocycles. The van der Waals surface area contributed by atoms with Gasteiger partial charge in [-0.15, -0.1) is 0 Å². The van der Waals surface area contributed by atoms with Gasteiger partial charge in [0.2, 0.25) is 0 Å². The molecule has 2 aromatic rings. The molecule has 2 N–H and O–H groups in total. The molecule has 3 rings (SSSR count). The average Bonchev–Trinajstić information content (AvgIpc) is 3.31. The van der Waals surface area contributed by atoms with Gasteiger partial charge in [-0.25, -0.2) is 0 Å². The lowest BCUT2D eigenvalue weighted by Gasteiger charge is -2.09. The van der Waals surface area contributed by atoms with Crippen molar-refractivity contribution in [3.05, 3.63) is 53.6 Å². The van der Waals surface area contributed by atoms with Crippen LogP contribution in [0.5, 0.6) is 11.5 Å². The zero-order valence-corrected chi connectivity index (χ0v) is 11.8. The first kappa shape index (κ1) is 13.5. The van der Waals surface area contributed by atoms with E-state index >= 15 is 0 Å². The van der Waals surface area contributed by atoms with Crippen molar-refractivity contribution in [3.63, 3.8) is 0 Å². The Morgan fingerprint density at radius 1 is 1.14 bits per heavy atom. The zero-order valence-electron chi connectivity index (χ0n) is 11.8. The highest BCUT2D eigenvalue weighted by Crippen LogP contribution is 2.28. The van der Waals surface area contributed by atoms with Crippen LogP contribution in [0.4, 0.5) is 5.69 Å². The van der Waals surface area contributed by atoms with Gasteiger partial charge >= 0.3 is 0 Å². The number of rotatable bonds is 5. The molecule has 0 radical (unpaired) electrons. The van der Waals surface area contributed by atoms with Gasteiger partial charge in [-0.05, 0) is 43.2 Å². The summed E-state index contributed by atoms with van der Waals surface area (Å²) in [5.41, 5.74) is 7.35. The number of carbonyl (C=O) groups is 1. The number of hydrogen-bond donors (Lipinski definition) is 1. The van der Waals surface area contributed by atoms with Gasteiger partial charge in [0.15, 0.2) is 5.78 Å². The predicted molar refractivity (Wildman–Crippen MR) is 80.9 cm³/mol. The third kappa shape index (κ3) is 2.99. The molecule has 0 bridgehead atoms. The van der Waals surface area contributed by atoms with Crippen LogP contribution in [0.3, 0.4) is 0 Å². The van der Waals surface area contributed by atoms with E-state index in [9.17, 15) is 4.79 Å². The Kier molecular flexibility index (Phi) is 3.52. The van der Waals surface area contributed by atoms with E-state index in [0.717, 1.165) is 18.6 Å². The largest absolute Gasteiger partial charge is 0.497 e. The van der Waals surface area contributed by atoms with Crippen LogP contribution in [-0.2, 0) is 0 Å². The Morgan fingerprint density at radius 2 is 1.95 bits per heavy atom. The highest BCUT2D eigenvalue weighted by atomic mass is 16.5. The number of nitrogens with two attached hydrogens (primary N) is 1. The molecule has 21 heavy (non-hydrogen) atoms. The van der Waals surface area contributed by atoms with Crippen LogP contribution in [0.25, 0.3) is 0 Å². The van der Waals surface area contributed by atoms with Crippen molar-refractivity contribution in [2.45, 2.75) is 18.9 Å². The van der Waals surface area contributed by atoms with Gasteiger partial charge < -0.3 is 15.2 Å². The fourth-order valence-corrected chi connectivity index (χ4v) is 2.10. The molecule has 4 nitrogen and oxygen atoms in total. The monoisotopic (exact) mass is 283 g/mol. The normalized spacial score (nSPS) is 13.8. The van der Waals surface area contributed by atoms with Gasteiger partial charge in [0.25, 0.3) is 0 Å². The number of ketones is 1. The molecule has 2 aromatic carbocycles. The second-order valence-electron chi connectivity index (χ2n) is 5.13. The molecule has 1 aliphatic carbocycles. The molecule has 0 atom stereocenters. The number of methoxy groups -OCH3 is 1. The minimum Gasteiger partial charge on any atom is -0.497 e. The summed E-state index contributed by atoms with van der Waals surface area (Å²) in [4.78, 5) is 12.6. The average molecular weight is 283 g/mol. The highest BCUT2D eigenvalue weighted by molar-refractivity contribution is 6.12. The molecule has 0 saturated heterocycles. The highest BCUT2D eigenvalue weighted by Gasteiger charge is 2.24. The second kappa shape index (κ2) is 5.48. The minimum absolute atomic E-state index is 0.132. The summed E-state index contributed by atoms with van der Waals surface area (Å²) >= 11 is 0. The van der Waals surface area contributed by atoms with E-state index < -0.39 is 0 Å². The van der Waals surface area contributed by atoms with Crippen LogP contribution in [0, 0.1) is 0 Å². The van der Waals surface area contributed by atoms with Crippen molar-refractivity contribution in [2.75, 3.05) is 12.8 Å². The lowest BCUT2D eigenvalue weighted by atomic mass is 10.0. The summed E-state index contributed by atoms with van der Waals surface area (Å²) in [7, 11) is 1.56. The van der Waals surface area contributed by atoms with Crippen molar-refractivity contribution in [3.8, 4) is 11.5 Å². The van der Waals surface area contributed by atoms with Gasteiger partial charge in [0.05, 0.1) is 13.2 Å². The van der Waals surface area contributed by atoms with E-state index in [1.54, 1.807) is 37.4 Å². The van der Waals surface area contributed by atoms with Gasteiger partial charge in [-0.2, -0.15) is 0 Å². The van der Waals surface area contributed by atoms with Crippen molar-refractivity contribution in [2.24, 2.45) is 0 Å². The molecular formula is C17H17NO3. The van der Waals surface area contributed by atoms with Crippen molar-refractivity contribution in [1.29, 1.82) is 0 Å². The zero-order chi connectivity index (χ0) is 14.8. The van der Waals surface area contributed by atoms with Crippen LogP contribution in [0.1, 0.15) is 28.8 Å². The number of hydrogen-bond acceptors (Lipinski definition) is 4. The predicted octanol–water partition coefficient (Wildman–Crippen LogP) is 3.05. The van der Waals surface area contributed by atoms with Crippen LogP contribution in [0.15, 0.2) is 42.5 Å². The minimum atomic E-state index is -0.132. The molecule has 108 valence electrons. The fraction of sp³-hybridized carbons (Fsp3) is 0.235. The smallest absolute Gasteiger partial charge is 0.195 e. The van der Waals surface area contributed by atoms with Crippen LogP contribution < -0.4 is 15.2 Å². The van der Waals surface area contributed by atoms with E-state index in [4.69, 9.17) is 15.2 Å². The number of anilines is 1. The van der Waals surface area contributed by atoms with Gasteiger partial charge in [-0.1, -0.05) is 12.1 Å². The summed E-state index contributed by atoms with van der Waals surface area (Å²) < 4.78 is 10.9. The topological polar surface area (TPSA) is 61.5 Å². The van der Waals surface area contributed by atoms with E-state index in [1.165, 1.54) is 0 Å². The van der Waals surface area contributed by atoms with E-state index in [1.807, 2.05) is 12.1 Å². The summed E-state index contributed by atoms with van der Waals surface area (Å²) in [6.45, 7) is 0. The molecule has 0 aliphatic heterocycles. The van der Waals surface area contributed by atoms with Gasteiger partial charge in [0, 0.05) is 16.8 Å². The molecule has 1 aliphatic rings. The summed E-state index contributed by atoms with van der Waals surface area (Å²) in [6, 6.07) is 12.3. The lowest BCUT2D eigenvalue weighted by molar-refractivity contribution is 0.103. The molecular weight excluding hydrogens is 266 g/mol. The lowest BCUT2D eigenvalue weighted by Crippen LogP contribution is -2.06. The first-order chi connectivity index (χ1) is 10.2. The third-order valence-corrected chi connectivity index (χ3v) is 3.43. The summed E-state index contributed by atoms with van der Waals surface area (Å²) in [5.74, 6) is 1.20. The summed E-state index contributed by atoms with van der Waals surface area (Å²) in [5, 5.41) is 0. The number of ether oxygens (including phenoxy) is 2. The first-order valence-corrected chi connectivity index (χ1v) is 6.92. The Balaban J connectivity index is 1.90. The molecule has 4 heteroatoms. The SMILES string of the molecule is COc1ccc(N)c(C(=O)c2cccc(OC3CC3)c2)c1. The maximum atomic E-state index is 12.6. The van der Waals surface area contributed by atoms with E-state index in [2.05, 4.69) is 0 Å². The Hall–Kier alpha value is -2.49. The molecule has 0 aromatic heterocycles. The Labute approximate surface area is 123 Å². The van der Waals surface area contributed by atoms with Gasteiger partial charge in [-0.3, -0.25) is 4.79 Å². The van der Waals surface area contributed by atoms with Crippen molar-refractivity contribution < 1.29 is 14.3 Å². The maximum Gasteiger partial charge on any atom is 0.195 e. The van der Waals surface area contributed by atoms with Gasteiger partial charge in [0.1, 0.15) is 11.5 Å².